The molecule has 4 heterocycles. The Morgan fingerprint density at radius 3 is 2.78 bits per heavy atom. The highest BCUT2D eigenvalue weighted by Gasteiger charge is 2.35. The molecule has 168 valence electrons. The van der Waals surface area contributed by atoms with Gasteiger partial charge in [-0.15, -0.1) is 0 Å². The molecule has 1 N–H and O–H groups in total. The zero-order valence-corrected chi connectivity index (χ0v) is 17.7. The molecule has 2 aromatic heterocycles. The Morgan fingerprint density at radius 1 is 1.19 bits per heavy atom. The molecule has 0 unspecified atom stereocenters. The molecule has 0 saturated carbocycles. The summed E-state index contributed by atoms with van der Waals surface area (Å²) in [7, 11) is 0. The van der Waals surface area contributed by atoms with E-state index in [1.807, 2.05) is 19.1 Å². The van der Waals surface area contributed by atoms with Crippen LogP contribution in [0.4, 0.5) is 13.2 Å². The molecular weight excluding hydrogens is 419 g/mol. The zero-order valence-electron chi connectivity index (χ0n) is 17.7. The maximum atomic E-state index is 12.9. The van der Waals surface area contributed by atoms with Crippen LogP contribution >= 0.6 is 0 Å². The fourth-order valence-electron chi connectivity index (χ4n) is 3.83. The van der Waals surface area contributed by atoms with Crippen LogP contribution in [-0.4, -0.2) is 57.1 Å². The van der Waals surface area contributed by atoms with E-state index in [0.29, 0.717) is 24.7 Å². The molecule has 7 nitrogen and oxygen atoms in total. The molecule has 0 spiro atoms. The van der Waals surface area contributed by atoms with Crippen molar-refractivity contribution < 1.29 is 13.2 Å². The predicted octanol–water partition coefficient (Wildman–Crippen LogP) is 3.68. The van der Waals surface area contributed by atoms with Gasteiger partial charge in [-0.05, 0) is 44.5 Å². The molecule has 0 bridgehead atoms. The fourth-order valence-corrected chi connectivity index (χ4v) is 3.83. The lowest BCUT2D eigenvalue weighted by molar-refractivity contribution is -0.0596. The minimum absolute atomic E-state index is 0.0519. The Bertz CT molecular complexity index is 1030. The van der Waals surface area contributed by atoms with E-state index in [2.05, 4.69) is 30.2 Å². The molecule has 1 fully saturated rings. The van der Waals surface area contributed by atoms with Crippen molar-refractivity contribution >= 4 is 11.9 Å². The molecule has 10 heteroatoms. The van der Waals surface area contributed by atoms with Gasteiger partial charge in [-0.25, -0.2) is 15.0 Å². The third-order valence-electron chi connectivity index (χ3n) is 5.34. The van der Waals surface area contributed by atoms with Gasteiger partial charge in [-0.1, -0.05) is 0 Å². The van der Waals surface area contributed by atoms with Crippen molar-refractivity contribution in [2.45, 2.75) is 44.9 Å². The average molecular weight is 443 g/mol. The van der Waals surface area contributed by atoms with Crippen molar-refractivity contribution in [1.29, 1.82) is 0 Å². The number of hydrogen-bond donors (Lipinski definition) is 1. The Morgan fingerprint density at radius 2 is 2.00 bits per heavy atom. The van der Waals surface area contributed by atoms with Gasteiger partial charge in [-0.3, -0.25) is 14.9 Å². The number of aliphatic imine (C=N–C) groups is 2. The van der Waals surface area contributed by atoms with Crippen LogP contribution in [0.2, 0.25) is 0 Å². The largest absolute Gasteiger partial charge is 0.429 e. The van der Waals surface area contributed by atoms with Crippen LogP contribution in [0.1, 0.15) is 30.7 Å². The highest BCUT2D eigenvalue weighted by atomic mass is 19.4. The van der Waals surface area contributed by atoms with E-state index in [9.17, 15) is 13.2 Å². The van der Waals surface area contributed by atoms with Gasteiger partial charge in [0.15, 0.2) is 5.82 Å². The Hall–Kier alpha value is -3.14. The minimum atomic E-state index is -4.44. The third-order valence-corrected chi connectivity index (χ3v) is 5.34. The second-order valence-electron chi connectivity index (χ2n) is 7.84. The number of halogens is 3. The van der Waals surface area contributed by atoms with Crippen LogP contribution in [0.5, 0.6) is 0 Å². The summed E-state index contributed by atoms with van der Waals surface area (Å²) in [5.41, 5.74) is 1.88. The lowest BCUT2D eigenvalue weighted by Gasteiger charge is -2.33. The summed E-state index contributed by atoms with van der Waals surface area (Å²) in [6.07, 6.45) is 2.91. The molecule has 0 aromatic carbocycles. The van der Waals surface area contributed by atoms with Crippen molar-refractivity contribution in [3.05, 3.63) is 54.0 Å². The van der Waals surface area contributed by atoms with Crippen LogP contribution in [0.15, 0.2) is 52.6 Å². The zero-order chi connectivity index (χ0) is 22.6. The second-order valence-corrected chi connectivity index (χ2v) is 7.84. The molecule has 0 radical (unpaired) electrons. The smallest absolute Gasteiger partial charge is 0.365 e. The van der Waals surface area contributed by atoms with Gasteiger partial charge in [-0.2, -0.15) is 13.2 Å². The van der Waals surface area contributed by atoms with E-state index in [-0.39, 0.29) is 12.5 Å². The minimum Gasteiger partial charge on any atom is -0.365 e. The predicted molar refractivity (Wildman–Crippen MR) is 116 cm³/mol. The number of aromatic nitrogens is 3. The van der Waals surface area contributed by atoms with Crippen molar-refractivity contribution in [3.63, 3.8) is 0 Å². The first-order valence-electron chi connectivity index (χ1n) is 10.5. The number of aryl methyl sites for hydroxylation is 1. The van der Waals surface area contributed by atoms with E-state index >= 15 is 0 Å². The summed E-state index contributed by atoms with van der Waals surface area (Å²) >= 11 is 0. The van der Waals surface area contributed by atoms with Crippen molar-refractivity contribution in [2.75, 3.05) is 13.1 Å². The maximum absolute atomic E-state index is 12.9. The van der Waals surface area contributed by atoms with Crippen molar-refractivity contribution in [2.24, 2.45) is 9.98 Å². The van der Waals surface area contributed by atoms with E-state index < -0.39 is 11.9 Å². The van der Waals surface area contributed by atoms with Crippen LogP contribution in [0.3, 0.4) is 0 Å². The van der Waals surface area contributed by atoms with E-state index in [0.717, 1.165) is 42.5 Å². The topological polar surface area (TPSA) is 78.7 Å². The van der Waals surface area contributed by atoms with Gasteiger partial charge in [0.05, 0.1) is 11.9 Å². The molecule has 2 aliphatic rings. The molecule has 4 rings (SSSR count). The van der Waals surface area contributed by atoms with Gasteiger partial charge in [0.25, 0.3) is 0 Å². The first-order valence-corrected chi connectivity index (χ1v) is 10.5. The Kier molecular flexibility index (Phi) is 6.59. The molecular formula is C22H24F3N7. The highest BCUT2D eigenvalue weighted by Crippen LogP contribution is 2.23. The molecule has 0 amide bonds. The molecule has 2 aliphatic heterocycles. The van der Waals surface area contributed by atoms with Crippen LogP contribution < -0.4 is 5.32 Å². The van der Waals surface area contributed by atoms with E-state index in [4.69, 9.17) is 4.98 Å². The second kappa shape index (κ2) is 9.56. The first kappa shape index (κ1) is 22.1. The summed E-state index contributed by atoms with van der Waals surface area (Å²) in [4.78, 5) is 23.4. The number of likely N-dealkylation sites (tertiary alicyclic amines) is 1. The third kappa shape index (κ3) is 5.56. The maximum Gasteiger partial charge on any atom is 0.429 e. The molecule has 0 aliphatic carbocycles. The van der Waals surface area contributed by atoms with E-state index in [1.54, 1.807) is 18.5 Å². The summed E-state index contributed by atoms with van der Waals surface area (Å²) in [6.45, 7) is 4.20. The molecule has 1 saturated heterocycles. The quantitative estimate of drug-likeness (QED) is 0.763. The number of rotatable bonds is 5. The van der Waals surface area contributed by atoms with Gasteiger partial charge in [0, 0.05) is 55.4 Å². The van der Waals surface area contributed by atoms with Crippen LogP contribution in [0, 0.1) is 6.92 Å². The SMILES string of the molecule is Cc1ccc(-c2ncccn2)c(CN2CCC[C@@H](NC3=CN=C(C(F)(F)F)CC=N3)C2)n1. The Labute approximate surface area is 184 Å². The molecule has 32 heavy (non-hydrogen) atoms. The summed E-state index contributed by atoms with van der Waals surface area (Å²) in [5.74, 6) is 0.987. The lowest BCUT2D eigenvalue weighted by atomic mass is 10.0. The number of pyridine rings is 1. The van der Waals surface area contributed by atoms with Crippen LogP contribution in [-0.2, 0) is 6.54 Å². The van der Waals surface area contributed by atoms with Gasteiger partial charge >= 0.3 is 6.18 Å². The van der Waals surface area contributed by atoms with Gasteiger partial charge in [0.1, 0.15) is 11.5 Å². The first-order chi connectivity index (χ1) is 15.4. The van der Waals surface area contributed by atoms with Crippen molar-refractivity contribution in [3.8, 4) is 11.4 Å². The molecule has 2 aromatic rings. The van der Waals surface area contributed by atoms with E-state index in [1.165, 1.54) is 6.21 Å². The fraction of sp³-hybridized carbons (Fsp3) is 0.409. The summed E-state index contributed by atoms with van der Waals surface area (Å²) in [5, 5.41) is 3.25. The monoisotopic (exact) mass is 443 g/mol. The van der Waals surface area contributed by atoms with Crippen LogP contribution in [0.25, 0.3) is 11.4 Å². The molecule has 1 atom stereocenters. The normalized spacial score (nSPS) is 19.8. The number of nitrogens with zero attached hydrogens (tertiary/aromatic N) is 6. The van der Waals surface area contributed by atoms with Crippen molar-refractivity contribution in [1.82, 2.24) is 25.2 Å². The Balaban J connectivity index is 1.45. The number of piperidine rings is 1. The summed E-state index contributed by atoms with van der Waals surface area (Å²) < 4.78 is 38.7. The van der Waals surface area contributed by atoms with Gasteiger partial charge in [0.2, 0.25) is 0 Å². The van der Waals surface area contributed by atoms with Gasteiger partial charge < -0.3 is 5.32 Å². The standard InChI is InChI=1S/C22H24F3N7/c1-15-5-6-17(21-27-8-3-9-28-21)18(30-15)14-32-11-2-4-16(13-32)31-20-12-29-19(7-10-26-20)22(23,24)25/h3,5-6,8-10,12,16,31H,2,4,7,11,13-14H2,1H3/t16-/m1/s1. The number of nitrogens with one attached hydrogen (secondary N) is 1. The number of alkyl halides is 3. The lowest BCUT2D eigenvalue weighted by Crippen LogP contribution is -2.44. The summed E-state index contributed by atoms with van der Waals surface area (Å²) in [6, 6.07) is 5.77. The number of hydrogen-bond acceptors (Lipinski definition) is 7. The average Bonchev–Trinajstić information content (AvgIpc) is 3.00. The highest BCUT2D eigenvalue weighted by molar-refractivity contribution is 6.00.